The molecule has 3 aromatic rings. The average molecular weight is 433 g/mol. The highest BCUT2D eigenvalue weighted by Crippen LogP contribution is 2.28. The van der Waals surface area contributed by atoms with Gasteiger partial charge < -0.3 is 19.9 Å². The van der Waals surface area contributed by atoms with Crippen LogP contribution in [0.25, 0.3) is 11.3 Å². The third-order valence-corrected chi connectivity index (χ3v) is 5.81. The van der Waals surface area contributed by atoms with Gasteiger partial charge in [-0.15, -0.1) is 0 Å². The molecule has 2 amide bonds. The third kappa shape index (κ3) is 4.99. The van der Waals surface area contributed by atoms with Crippen LogP contribution >= 0.6 is 0 Å². The molecule has 1 aliphatic rings. The number of carbonyl (C=O) groups excluding carboxylic acids is 2. The minimum absolute atomic E-state index is 0.0720. The second kappa shape index (κ2) is 9.26. The van der Waals surface area contributed by atoms with Crippen LogP contribution in [0.15, 0.2) is 55.0 Å². The van der Waals surface area contributed by atoms with E-state index in [1.54, 1.807) is 18.5 Å². The Morgan fingerprint density at radius 2 is 1.84 bits per heavy atom. The summed E-state index contributed by atoms with van der Waals surface area (Å²) in [6.07, 6.45) is 5.34. The Bertz CT molecular complexity index is 1110. The van der Waals surface area contributed by atoms with Gasteiger partial charge in [0.2, 0.25) is 5.91 Å². The van der Waals surface area contributed by atoms with Gasteiger partial charge in [-0.3, -0.25) is 9.59 Å². The highest BCUT2D eigenvalue weighted by molar-refractivity contribution is 5.97. The molecule has 0 atom stereocenters. The maximum Gasteiger partial charge on any atom is 0.252 e. The van der Waals surface area contributed by atoms with Crippen LogP contribution in [0.2, 0.25) is 0 Å². The summed E-state index contributed by atoms with van der Waals surface area (Å²) in [7, 11) is 1.89. The van der Waals surface area contributed by atoms with E-state index in [2.05, 4.69) is 4.98 Å². The molecule has 7 heteroatoms. The Morgan fingerprint density at radius 3 is 2.47 bits per heavy atom. The first-order valence-corrected chi connectivity index (χ1v) is 10.8. The van der Waals surface area contributed by atoms with E-state index in [1.165, 1.54) is 5.56 Å². The van der Waals surface area contributed by atoms with Crippen LogP contribution in [-0.4, -0.2) is 45.5 Å². The first-order valence-electron chi connectivity index (χ1n) is 10.8. The Morgan fingerprint density at radius 1 is 1.12 bits per heavy atom. The van der Waals surface area contributed by atoms with Crippen LogP contribution in [0.1, 0.15) is 34.3 Å². The SMILES string of the molecule is Cc1ccc(CC(=O)N2CCC(Oc3ccc(-c4cn(C)cn4)cc3C(N)=O)CC2)cc1. The molecule has 32 heavy (non-hydrogen) atoms. The van der Waals surface area contributed by atoms with Crippen molar-refractivity contribution in [2.24, 2.45) is 12.8 Å². The average Bonchev–Trinajstić information content (AvgIpc) is 3.22. The minimum Gasteiger partial charge on any atom is -0.489 e. The van der Waals surface area contributed by atoms with Gasteiger partial charge in [-0.25, -0.2) is 4.98 Å². The second-order valence-corrected chi connectivity index (χ2v) is 8.36. The van der Waals surface area contributed by atoms with Gasteiger partial charge in [0.1, 0.15) is 11.9 Å². The number of hydrogen-bond acceptors (Lipinski definition) is 4. The molecular formula is C25H28N4O3. The number of ether oxygens (including phenoxy) is 1. The molecule has 1 fully saturated rings. The molecule has 1 saturated heterocycles. The number of primary amides is 1. The number of piperidine rings is 1. The molecule has 0 spiro atoms. The summed E-state index contributed by atoms with van der Waals surface area (Å²) in [5.41, 5.74) is 9.74. The van der Waals surface area contributed by atoms with E-state index in [9.17, 15) is 9.59 Å². The van der Waals surface area contributed by atoms with E-state index < -0.39 is 5.91 Å². The first-order chi connectivity index (χ1) is 15.4. The molecule has 166 valence electrons. The van der Waals surface area contributed by atoms with E-state index in [-0.39, 0.29) is 12.0 Å². The van der Waals surface area contributed by atoms with Crippen LogP contribution in [0.3, 0.4) is 0 Å². The predicted molar refractivity (Wildman–Crippen MR) is 122 cm³/mol. The fourth-order valence-electron chi connectivity index (χ4n) is 3.94. The topological polar surface area (TPSA) is 90.4 Å². The summed E-state index contributed by atoms with van der Waals surface area (Å²) < 4.78 is 7.98. The minimum atomic E-state index is -0.538. The Balaban J connectivity index is 1.37. The van der Waals surface area contributed by atoms with Crippen LogP contribution in [0, 0.1) is 6.92 Å². The van der Waals surface area contributed by atoms with Gasteiger partial charge in [-0.1, -0.05) is 29.8 Å². The predicted octanol–water partition coefficient (Wildman–Crippen LogP) is 3.11. The number of aryl methyl sites for hydroxylation is 2. The van der Waals surface area contributed by atoms with Crippen molar-refractivity contribution in [1.29, 1.82) is 0 Å². The monoisotopic (exact) mass is 432 g/mol. The highest BCUT2D eigenvalue weighted by Gasteiger charge is 2.25. The third-order valence-electron chi connectivity index (χ3n) is 5.81. The molecule has 0 aliphatic carbocycles. The molecule has 2 heterocycles. The molecule has 2 aromatic carbocycles. The molecule has 4 rings (SSSR count). The number of imidazole rings is 1. The maximum absolute atomic E-state index is 12.7. The van der Waals surface area contributed by atoms with Gasteiger partial charge in [0, 0.05) is 44.7 Å². The highest BCUT2D eigenvalue weighted by atomic mass is 16.5. The number of likely N-dealkylation sites (tertiary alicyclic amines) is 1. The number of carbonyl (C=O) groups is 2. The largest absolute Gasteiger partial charge is 0.489 e. The van der Waals surface area contributed by atoms with Crippen molar-refractivity contribution in [3.63, 3.8) is 0 Å². The zero-order chi connectivity index (χ0) is 22.7. The quantitative estimate of drug-likeness (QED) is 0.648. The summed E-state index contributed by atoms with van der Waals surface area (Å²) in [6.45, 7) is 3.30. The van der Waals surface area contributed by atoms with Gasteiger partial charge in [-0.2, -0.15) is 0 Å². The van der Waals surface area contributed by atoms with Crippen molar-refractivity contribution in [1.82, 2.24) is 14.5 Å². The molecule has 2 N–H and O–H groups in total. The second-order valence-electron chi connectivity index (χ2n) is 8.36. The molecule has 0 radical (unpaired) electrons. The summed E-state index contributed by atoms with van der Waals surface area (Å²) in [5.74, 6) is 0.0648. The van der Waals surface area contributed by atoms with Gasteiger partial charge in [0.25, 0.3) is 5.91 Å². The van der Waals surface area contributed by atoms with Crippen LogP contribution in [0.4, 0.5) is 0 Å². The van der Waals surface area contributed by atoms with Crippen molar-refractivity contribution in [3.8, 4) is 17.0 Å². The van der Waals surface area contributed by atoms with Gasteiger partial charge in [0.15, 0.2) is 0 Å². The summed E-state index contributed by atoms with van der Waals surface area (Å²) in [5, 5.41) is 0. The van der Waals surface area contributed by atoms with Crippen molar-refractivity contribution in [2.45, 2.75) is 32.3 Å². The molecule has 7 nitrogen and oxygen atoms in total. The van der Waals surface area contributed by atoms with E-state index in [1.807, 2.05) is 60.0 Å². The zero-order valence-electron chi connectivity index (χ0n) is 18.5. The smallest absolute Gasteiger partial charge is 0.252 e. The fourth-order valence-corrected chi connectivity index (χ4v) is 3.94. The molecular weight excluding hydrogens is 404 g/mol. The lowest BCUT2D eigenvalue weighted by atomic mass is 10.0. The number of nitrogens with zero attached hydrogens (tertiary/aromatic N) is 3. The van der Waals surface area contributed by atoms with Crippen molar-refractivity contribution >= 4 is 11.8 Å². The van der Waals surface area contributed by atoms with Crippen molar-refractivity contribution in [2.75, 3.05) is 13.1 Å². The van der Waals surface area contributed by atoms with Gasteiger partial charge in [-0.05, 0) is 30.7 Å². The molecule has 0 saturated carbocycles. The number of benzene rings is 2. The molecule has 1 aromatic heterocycles. The Hall–Kier alpha value is -3.61. The normalized spacial score (nSPS) is 14.4. The van der Waals surface area contributed by atoms with E-state index >= 15 is 0 Å². The first kappa shape index (κ1) is 21.6. The zero-order valence-corrected chi connectivity index (χ0v) is 18.5. The standard InChI is InChI=1S/C25H28N4O3/c1-17-3-5-18(6-4-17)13-24(30)29-11-9-20(10-12-29)32-23-8-7-19(14-21(23)25(26)31)22-15-28(2)16-27-22/h3-8,14-16,20H,9-13H2,1-2H3,(H2,26,31). The number of aromatic nitrogens is 2. The Kier molecular flexibility index (Phi) is 6.25. The number of amides is 2. The molecule has 1 aliphatic heterocycles. The molecule has 0 unspecified atom stereocenters. The molecule has 0 bridgehead atoms. The number of rotatable bonds is 6. The number of nitrogens with two attached hydrogens (primary N) is 1. The van der Waals surface area contributed by atoms with Gasteiger partial charge >= 0.3 is 0 Å². The lowest BCUT2D eigenvalue weighted by molar-refractivity contribution is -0.132. The summed E-state index contributed by atoms with van der Waals surface area (Å²) in [6, 6.07) is 13.4. The van der Waals surface area contributed by atoms with E-state index in [4.69, 9.17) is 10.5 Å². The lowest BCUT2D eigenvalue weighted by Gasteiger charge is -2.32. The fraction of sp³-hybridized carbons (Fsp3) is 0.320. The maximum atomic E-state index is 12.7. The van der Waals surface area contributed by atoms with Crippen LogP contribution < -0.4 is 10.5 Å². The van der Waals surface area contributed by atoms with Crippen LogP contribution in [-0.2, 0) is 18.3 Å². The van der Waals surface area contributed by atoms with Crippen LogP contribution in [0.5, 0.6) is 5.75 Å². The van der Waals surface area contributed by atoms with Crippen molar-refractivity contribution < 1.29 is 14.3 Å². The lowest BCUT2D eigenvalue weighted by Crippen LogP contribution is -2.42. The van der Waals surface area contributed by atoms with Crippen molar-refractivity contribution in [3.05, 3.63) is 71.7 Å². The van der Waals surface area contributed by atoms with E-state index in [0.29, 0.717) is 43.7 Å². The summed E-state index contributed by atoms with van der Waals surface area (Å²) in [4.78, 5) is 30.9. The Labute approximate surface area is 187 Å². The van der Waals surface area contributed by atoms with E-state index in [0.717, 1.165) is 16.8 Å². The summed E-state index contributed by atoms with van der Waals surface area (Å²) >= 11 is 0. The number of hydrogen-bond donors (Lipinski definition) is 1. The van der Waals surface area contributed by atoms with Gasteiger partial charge in [0.05, 0.1) is 24.0 Å².